The molecule has 1 heterocycles. The summed E-state index contributed by atoms with van der Waals surface area (Å²) in [6.45, 7) is 6.62. The second-order valence-electron chi connectivity index (χ2n) is 6.92. The Morgan fingerprint density at radius 1 is 1.24 bits per heavy atom. The van der Waals surface area contributed by atoms with E-state index in [-0.39, 0.29) is 30.6 Å². The summed E-state index contributed by atoms with van der Waals surface area (Å²) in [6.07, 6.45) is 2.63. The highest BCUT2D eigenvalue weighted by molar-refractivity contribution is 5.80. The monoisotopic (exact) mass is 298 g/mol. The van der Waals surface area contributed by atoms with Gasteiger partial charge in [-0.25, -0.2) is 4.79 Å². The van der Waals surface area contributed by atoms with E-state index in [4.69, 9.17) is 4.74 Å². The second-order valence-corrected chi connectivity index (χ2v) is 6.92. The highest BCUT2D eigenvalue weighted by Gasteiger charge is 2.37. The third kappa shape index (κ3) is 3.87. The van der Waals surface area contributed by atoms with Crippen molar-refractivity contribution in [3.8, 4) is 0 Å². The number of nitrogens with zero attached hydrogens (tertiary/aromatic N) is 2. The topological polar surface area (TPSA) is 70.1 Å². The van der Waals surface area contributed by atoms with Gasteiger partial charge in [0, 0.05) is 25.6 Å². The first-order valence-electron chi connectivity index (χ1n) is 7.71. The Morgan fingerprint density at radius 3 is 2.38 bits per heavy atom. The maximum absolute atomic E-state index is 12.3. The minimum absolute atomic E-state index is 0.118. The lowest BCUT2D eigenvalue weighted by atomic mass is 9.84. The largest absolute Gasteiger partial charge is 0.444 e. The van der Waals surface area contributed by atoms with E-state index in [1.54, 1.807) is 9.80 Å². The van der Waals surface area contributed by atoms with Crippen LogP contribution in [-0.2, 0) is 9.53 Å². The Hall–Kier alpha value is -1.30. The summed E-state index contributed by atoms with van der Waals surface area (Å²) >= 11 is 0. The van der Waals surface area contributed by atoms with E-state index < -0.39 is 5.60 Å². The van der Waals surface area contributed by atoms with Crippen LogP contribution in [-0.4, -0.2) is 64.8 Å². The molecular weight excluding hydrogens is 272 g/mol. The van der Waals surface area contributed by atoms with Crippen LogP contribution in [0.4, 0.5) is 4.79 Å². The number of carbonyl (C=O) groups excluding carboxylic acids is 2. The first kappa shape index (κ1) is 16.1. The van der Waals surface area contributed by atoms with Crippen molar-refractivity contribution >= 4 is 12.0 Å². The molecule has 6 nitrogen and oxygen atoms in total. The molecule has 6 heteroatoms. The van der Waals surface area contributed by atoms with Gasteiger partial charge in [0.2, 0.25) is 5.91 Å². The number of hydrogen-bond acceptors (Lipinski definition) is 4. The number of aliphatic hydroxyl groups is 1. The molecule has 120 valence electrons. The summed E-state index contributed by atoms with van der Waals surface area (Å²) in [7, 11) is 0. The van der Waals surface area contributed by atoms with Crippen molar-refractivity contribution in [2.24, 2.45) is 5.92 Å². The maximum atomic E-state index is 12.3. The number of carbonyl (C=O) groups is 2. The fourth-order valence-corrected chi connectivity index (χ4v) is 2.68. The van der Waals surface area contributed by atoms with Crippen molar-refractivity contribution in [3.63, 3.8) is 0 Å². The lowest BCUT2D eigenvalue weighted by molar-refractivity contribution is -0.144. The Balaban J connectivity index is 1.94. The fraction of sp³-hybridized carbons (Fsp3) is 0.867. The van der Waals surface area contributed by atoms with Crippen molar-refractivity contribution in [2.45, 2.75) is 51.7 Å². The van der Waals surface area contributed by atoms with Gasteiger partial charge in [-0.05, 0) is 33.6 Å². The molecule has 1 saturated heterocycles. The quantitative estimate of drug-likeness (QED) is 0.832. The van der Waals surface area contributed by atoms with Gasteiger partial charge in [0.1, 0.15) is 5.60 Å². The predicted octanol–water partition coefficient (Wildman–Crippen LogP) is 1.23. The average Bonchev–Trinajstić information content (AvgIpc) is 2.33. The highest BCUT2D eigenvalue weighted by Crippen LogP contribution is 2.29. The number of ether oxygens (including phenoxy) is 1. The number of amides is 2. The van der Waals surface area contributed by atoms with E-state index in [0.717, 1.165) is 19.3 Å². The minimum Gasteiger partial charge on any atom is -0.444 e. The normalized spacial score (nSPS) is 23.7. The zero-order valence-electron chi connectivity index (χ0n) is 13.2. The van der Waals surface area contributed by atoms with Crippen LogP contribution >= 0.6 is 0 Å². The molecular formula is C15H26N2O4. The SMILES string of the molecule is CC(C)(C)OC(=O)N1CCN(C(=O)C2CCC2)C(CO)C1. The van der Waals surface area contributed by atoms with E-state index >= 15 is 0 Å². The van der Waals surface area contributed by atoms with Crippen molar-refractivity contribution in [1.29, 1.82) is 0 Å². The lowest BCUT2D eigenvalue weighted by Gasteiger charge is -2.43. The van der Waals surface area contributed by atoms with Gasteiger partial charge in [0.15, 0.2) is 0 Å². The third-order valence-corrected chi connectivity index (χ3v) is 4.08. The van der Waals surface area contributed by atoms with Crippen LogP contribution in [0.25, 0.3) is 0 Å². The summed E-state index contributed by atoms with van der Waals surface area (Å²) in [6, 6.07) is -0.320. The van der Waals surface area contributed by atoms with E-state index in [1.165, 1.54) is 0 Å². The summed E-state index contributed by atoms with van der Waals surface area (Å²) in [5.41, 5.74) is -0.537. The third-order valence-electron chi connectivity index (χ3n) is 4.08. The van der Waals surface area contributed by atoms with E-state index in [9.17, 15) is 14.7 Å². The summed E-state index contributed by atoms with van der Waals surface area (Å²) < 4.78 is 5.35. The zero-order chi connectivity index (χ0) is 15.6. The van der Waals surface area contributed by atoms with Crippen LogP contribution in [0.3, 0.4) is 0 Å². The van der Waals surface area contributed by atoms with Gasteiger partial charge in [0.25, 0.3) is 0 Å². The molecule has 1 saturated carbocycles. The van der Waals surface area contributed by atoms with Crippen LogP contribution in [0.15, 0.2) is 0 Å². The molecule has 0 bridgehead atoms. The molecule has 1 aliphatic carbocycles. The second kappa shape index (κ2) is 6.22. The Morgan fingerprint density at radius 2 is 1.90 bits per heavy atom. The molecule has 1 unspecified atom stereocenters. The van der Waals surface area contributed by atoms with Gasteiger partial charge in [-0.2, -0.15) is 0 Å². The number of aliphatic hydroxyl groups excluding tert-OH is 1. The zero-order valence-corrected chi connectivity index (χ0v) is 13.2. The summed E-state index contributed by atoms with van der Waals surface area (Å²) in [4.78, 5) is 27.7. The molecule has 1 atom stereocenters. The number of hydrogen-bond donors (Lipinski definition) is 1. The van der Waals surface area contributed by atoms with Crippen LogP contribution in [0.5, 0.6) is 0 Å². The Bertz CT molecular complexity index is 401. The van der Waals surface area contributed by atoms with E-state index in [0.29, 0.717) is 19.6 Å². The van der Waals surface area contributed by atoms with Crippen LogP contribution in [0.2, 0.25) is 0 Å². The van der Waals surface area contributed by atoms with Crippen LogP contribution < -0.4 is 0 Å². The number of piperazine rings is 1. The first-order chi connectivity index (χ1) is 9.81. The molecule has 2 fully saturated rings. The van der Waals surface area contributed by atoms with Crippen molar-refractivity contribution < 1.29 is 19.4 Å². The predicted molar refractivity (Wildman–Crippen MR) is 77.7 cm³/mol. The molecule has 1 aliphatic heterocycles. The molecule has 2 rings (SSSR count). The lowest BCUT2D eigenvalue weighted by Crippen LogP contribution is -2.59. The smallest absolute Gasteiger partial charge is 0.410 e. The van der Waals surface area contributed by atoms with Gasteiger partial charge < -0.3 is 19.6 Å². The van der Waals surface area contributed by atoms with Gasteiger partial charge in [-0.1, -0.05) is 6.42 Å². The van der Waals surface area contributed by atoms with Crippen molar-refractivity contribution in [3.05, 3.63) is 0 Å². The van der Waals surface area contributed by atoms with Crippen LogP contribution in [0.1, 0.15) is 40.0 Å². The maximum Gasteiger partial charge on any atom is 0.410 e. The van der Waals surface area contributed by atoms with E-state index in [2.05, 4.69) is 0 Å². The average molecular weight is 298 g/mol. The fourth-order valence-electron chi connectivity index (χ4n) is 2.68. The molecule has 0 aromatic carbocycles. The molecule has 0 aromatic heterocycles. The molecule has 21 heavy (non-hydrogen) atoms. The summed E-state index contributed by atoms with van der Waals surface area (Å²) in [5, 5.41) is 9.54. The highest BCUT2D eigenvalue weighted by atomic mass is 16.6. The Labute approximate surface area is 126 Å². The molecule has 2 amide bonds. The van der Waals surface area contributed by atoms with Crippen molar-refractivity contribution in [2.75, 3.05) is 26.2 Å². The molecule has 0 spiro atoms. The standard InChI is InChI=1S/C15H26N2O4/c1-15(2,3)21-14(20)16-7-8-17(12(9-16)10-18)13(19)11-5-4-6-11/h11-12,18H,4-10H2,1-3H3. The Kier molecular flexibility index (Phi) is 4.76. The van der Waals surface area contributed by atoms with Crippen LogP contribution in [0, 0.1) is 5.92 Å². The number of rotatable bonds is 2. The molecule has 0 aromatic rings. The van der Waals surface area contributed by atoms with Crippen molar-refractivity contribution in [1.82, 2.24) is 9.80 Å². The molecule has 0 radical (unpaired) electrons. The van der Waals surface area contributed by atoms with Gasteiger partial charge in [-0.15, -0.1) is 0 Å². The molecule has 2 aliphatic rings. The van der Waals surface area contributed by atoms with Gasteiger partial charge in [-0.3, -0.25) is 4.79 Å². The van der Waals surface area contributed by atoms with Gasteiger partial charge in [0.05, 0.1) is 12.6 Å². The van der Waals surface area contributed by atoms with E-state index in [1.807, 2.05) is 20.8 Å². The first-order valence-corrected chi connectivity index (χ1v) is 7.71. The minimum atomic E-state index is -0.537. The van der Waals surface area contributed by atoms with Gasteiger partial charge >= 0.3 is 6.09 Å². The molecule has 1 N–H and O–H groups in total. The summed E-state index contributed by atoms with van der Waals surface area (Å²) in [5.74, 6) is 0.247.